The predicted octanol–water partition coefficient (Wildman–Crippen LogP) is 3.42. The Morgan fingerprint density at radius 2 is 2.08 bits per heavy atom. The maximum Gasteiger partial charge on any atom is 0.265 e. The summed E-state index contributed by atoms with van der Waals surface area (Å²) in [6.07, 6.45) is -0.574. The number of hydrogen-bond acceptors (Lipinski definition) is 4. The predicted molar refractivity (Wildman–Crippen MR) is 90.9 cm³/mol. The van der Waals surface area contributed by atoms with E-state index in [1.165, 1.54) is 6.07 Å². The minimum absolute atomic E-state index is 0.0421. The summed E-state index contributed by atoms with van der Waals surface area (Å²) in [6, 6.07) is 8.07. The van der Waals surface area contributed by atoms with Crippen molar-refractivity contribution in [3.63, 3.8) is 0 Å². The molecule has 130 valence electrons. The van der Waals surface area contributed by atoms with E-state index in [1.807, 2.05) is 0 Å². The Morgan fingerprint density at radius 3 is 2.84 bits per heavy atom. The zero-order valence-electron chi connectivity index (χ0n) is 13.1. The Bertz CT molecular complexity index is 845. The van der Waals surface area contributed by atoms with E-state index in [9.17, 15) is 18.4 Å². The van der Waals surface area contributed by atoms with E-state index in [1.54, 1.807) is 25.1 Å². The van der Waals surface area contributed by atoms with Gasteiger partial charge in [-0.2, -0.15) is 0 Å². The molecule has 1 aliphatic rings. The monoisotopic (exact) mass is 364 g/mol. The van der Waals surface area contributed by atoms with Crippen molar-refractivity contribution in [3.8, 4) is 5.75 Å². The molecule has 0 bridgehead atoms. The van der Waals surface area contributed by atoms with Gasteiger partial charge in [-0.1, -0.05) is 0 Å². The molecule has 0 spiro atoms. The van der Waals surface area contributed by atoms with Gasteiger partial charge in [-0.25, -0.2) is 8.78 Å². The average molecular weight is 364 g/mol. The molecule has 1 atom stereocenters. The van der Waals surface area contributed by atoms with E-state index in [2.05, 4.69) is 10.6 Å². The number of amides is 2. The molecular formula is C17H14F2N2O3S. The highest BCUT2D eigenvalue weighted by atomic mass is 32.2. The van der Waals surface area contributed by atoms with Crippen LogP contribution >= 0.6 is 11.8 Å². The van der Waals surface area contributed by atoms with Gasteiger partial charge in [-0.3, -0.25) is 9.59 Å². The number of anilines is 2. The normalized spacial score (nSPS) is 15.8. The Balaban J connectivity index is 1.61. The lowest BCUT2D eigenvalue weighted by molar-refractivity contribution is -0.122. The van der Waals surface area contributed by atoms with E-state index in [0.717, 1.165) is 23.9 Å². The van der Waals surface area contributed by atoms with Crippen molar-refractivity contribution in [3.05, 3.63) is 48.0 Å². The summed E-state index contributed by atoms with van der Waals surface area (Å²) in [6.45, 7) is 1.64. The smallest absolute Gasteiger partial charge is 0.265 e. The van der Waals surface area contributed by atoms with Gasteiger partial charge in [0.1, 0.15) is 17.4 Å². The van der Waals surface area contributed by atoms with Gasteiger partial charge in [0, 0.05) is 16.6 Å². The molecule has 5 nitrogen and oxygen atoms in total. The highest BCUT2D eigenvalue weighted by molar-refractivity contribution is 8.00. The molecule has 2 N–H and O–H groups in total. The lowest BCUT2D eigenvalue weighted by Crippen LogP contribution is -2.34. The second-order valence-electron chi connectivity index (χ2n) is 5.37. The highest BCUT2D eigenvalue weighted by Crippen LogP contribution is 2.32. The molecule has 2 aromatic carbocycles. The van der Waals surface area contributed by atoms with Crippen LogP contribution in [-0.4, -0.2) is 23.7 Å². The number of fused-ring (bicyclic) bond motifs is 1. The molecule has 0 aliphatic carbocycles. The van der Waals surface area contributed by atoms with Crippen LogP contribution in [0.4, 0.5) is 20.2 Å². The van der Waals surface area contributed by atoms with Gasteiger partial charge in [0.05, 0.1) is 11.4 Å². The van der Waals surface area contributed by atoms with Crippen LogP contribution in [0.2, 0.25) is 0 Å². The molecule has 0 saturated heterocycles. The molecule has 0 unspecified atom stereocenters. The van der Waals surface area contributed by atoms with Crippen LogP contribution in [-0.2, 0) is 9.59 Å². The third kappa shape index (κ3) is 4.08. The van der Waals surface area contributed by atoms with Crippen molar-refractivity contribution in [1.82, 2.24) is 0 Å². The number of hydrogen-bond donors (Lipinski definition) is 2. The number of carbonyl (C=O) groups is 2. The fourth-order valence-corrected chi connectivity index (χ4v) is 2.94. The summed E-state index contributed by atoms with van der Waals surface area (Å²) in [5.74, 6) is -1.52. The van der Waals surface area contributed by atoms with Crippen LogP contribution in [0.3, 0.4) is 0 Å². The molecule has 0 saturated carbocycles. The zero-order chi connectivity index (χ0) is 18.0. The molecule has 1 aliphatic heterocycles. The minimum Gasteiger partial charge on any atom is -0.479 e. The minimum atomic E-state index is -0.708. The molecule has 0 radical (unpaired) electrons. The Morgan fingerprint density at radius 1 is 1.28 bits per heavy atom. The van der Waals surface area contributed by atoms with Gasteiger partial charge in [0.2, 0.25) is 5.91 Å². The molecule has 3 rings (SSSR count). The summed E-state index contributed by atoms with van der Waals surface area (Å²) in [5, 5.41) is 5.34. The van der Waals surface area contributed by atoms with E-state index >= 15 is 0 Å². The van der Waals surface area contributed by atoms with Gasteiger partial charge in [0.15, 0.2) is 6.10 Å². The molecule has 8 heteroatoms. The van der Waals surface area contributed by atoms with Gasteiger partial charge < -0.3 is 15.4 Å². The lowest BCUT2D eigenvalue weighted by atomic mass is 10.2. The van der Waals surface area contributed by atoms with E-state index in [-0.39, 0.29) is 22.5 Å². The summed E-state index contributed by atoms with van der Waals surface area (Å²) >= 11 is 0.964. The second-order valence-corrected chi connectivity index (χ2v) is 6.39. The van der Waals surface area contributed by atoms with Crippen LogP contribution in [0.15, 0.2) is 41.3 Å². The van der Waals surface area contributed by atoms with Crippen LogP contribution in [0.25, 0.3) is 0 Å². The fourth-order valence-electron chi connectivity index (χ4n) is 2.22. The largest absolute Gasteiger partial charge is 0.479 e. The average Bonchev–Trinajstić information content (AvgIpc) is 2.55. The van der Waals surface area contributed by atoms with E-state index in [4.69, 9.17) is 4.74 Å². The number of halogens is 2. The maximum absolute atomic E-state index is 13.5. The fraction of sp³-hybridized carbons (Fsp3) is 0.176. The molecule has 25 heavy (non-hydrogen) atoms. The lowest BCUT2D eigenvalue weighted by Gasteiger charge is -2.23. The van der Waals surface area contributed by atoms with E-state index in [0.29, 0.717) is 17.1 Å². The highest BCUT2D eigenvalue weighted by Gasteiger charge is 2.23. The molecule has 1 heterocycles. The molecule has 2 amide bonds. The van der Waals surface area contributed by atoms with Crippen molar-refractivity contribution in [2.45, 2.75) is 17.9 Å². The molecular weight excluding hydrogens is 350 g/mol. The van der Waals surface area contributed by atoms with Gasteiger partial charge >= 0.3 is 0 Å². The number of ether oxygens (including phenoxy) is 1. The SMILES string of the molecule is C[C@@H]1Oc2ccc(NC(=O)CSc3ccc(F)cc3F)cc2NC1=O. The number of nitrogens with one attached hydrogen (secondary N) is 2. The first-order valence-corrected chi connectivity index (χ1v) is 8.40. The number of benzene rings is 2. The van der Waals surface area contributed by atoms with Crippen LogP contribution in [0.5, 0.6) is 5.75 Å². The molecule has 0 aromatic heterocycles. The number of rotatable bonds is 4. The Hall–Kier alpha value is -2.61. The summed E-state index contributed by atoms with van der Waals surface area (Å²) < 4.78 is 31.8. The summed E-state index contributed by atoms with van der Waals surface area (Å²) in [5.41, 5.74) is 0.945. The van der Waals surface area contributed by atoms with Crippen molar-refractivity contribution in [2.24, 2.45) is 0 Å². The van der Waals surface area contributed by atoms with Crippen molar-refractivity contribution in [1.29, 1.82) is 0 Å². The summed E-state index contributed by atoms with van der Waals surface area (Å²) in [7, 11) is 0. The van der Waals surface area contributed by atoms with Crippen molar-refractivity contribution >= 4 is 35.0 Å². The van der Waals surface area contributed by atoms with Crippen LogP contribution < -0.4 is 15.4 Å². The first-order valence-electron chi connectivity index (χ1n) is 7.41. The molecule has 0 fully saturated rings. The second kappa shape index (κ2) is 7.10. The first-order chi connectivity index (χ1) is 11.9. The summed E-state index contributed by atoms with van der Waals surface area (Å²) in [4.78, 5) is 23.8. The van der Waals surface area contributed by atoms with Gasteiger partial charge in [-0.05, 0) is 37.3 Å². The number of thioether (sulfide) groups is 1. The number of carbonyl (C=O) groups excluding carboxylic acids is 2. The third-order valence-corrected chi connectivity index (χ3v) is 4.50. The van der Waals surface area contributed by atoms with Gasteiger partial charge in [-0.15, -0.1) is 11.8 Å². The Kier molecular flexibility index (Phi) is 4.89. The topological polar surface area (TPSA) is 67.4 Å². The Labute approximate surface area is 146 Å². The third-order valence-electron chi connectivity index (χ3n) is 3.45. The van der Waals surface area contributed by atoms with Crippen molar-refractivity contribution in [2.75, 3.05) is 16.4 Å². The maximum atomic E-state index is 13.5. The van der Waals surface area contributed by atoms with Crippen molar-refractivity contribution < 1.29 is 23.1 Å². The van der Waals surface area contributed by atoms with Crippen LogP contribution in [0, 0.1) is 11.6 Å². The first kappa shape index (κ1) is 17.2. The molecule has 2 aromatic rings. The zero-order valence-corrected chi connectivity index (χ0v) is 14.0. The van der Waals surface area contributed by atoms with Crippen LogP contribution in [0.1, 0.15) is 6.92 Å². The quantitative estimate of drug-likeness (QED) is 0.816. The van der Waals surface area contributed by atoms with E-state index < -0.39 is 17.7 Å². The van der Waals surface area contributed by atoms with Gasteiger partial charge in [0.25, 0.3) is 5.91 Å². The standard InChI is InChI=1S/C17H14F2N2O3S/c1-9-17(23)21-13-7-11(3-4-14(13)24-9)20-16(22)8-25-15-5-2-10(18)6-12(15)19/h2-7,9H,8H2,1H3,(H,20,22)(H,21,23)/t9-/m0/s1.